The van der Waals surface area contributed by atoms with Crippen LogP contribution < -0.4 is 15.0 Å². The molecular formula is C22H25FN2O3. The van der Waals surface area contributed by atoms with Crippen molar-refractivity contribution >= 4 is 23.2 Å². The van der Waals surface area contributed by atoms with Crippen LogP contribution in [0.25, 0.3) is 0 Å². The predicted molar refractivity (Wildman–Crippen MR) is 107 cm³/mol. The summed E-state index contributed by atoms with van der Waals surface area (Å²) < 4.78 is 18.7. The number of nitrogens with one attached hydrogen (secondary N) is 1. The van der Waals surface area contributed by atoms with Crippen LogP contribution in [0.2, 0.25) is 0 Å². The van der Waals surface area contributed by atoms with Gasteiger partial charge in [-0.25, -0.2) is 4.39 Å². The van der Waals surface area contributed by atoms with Crippen LogP contribution in [0.15, 0.2) is 48.5 Å². The van der Waals surface area contributed by atoms with Crippen molar-refractivity contribution < 1.29 is 18.7 Å². The predicted octanol–water partition coefficient (Wildman–Crippen LogP) is 4.24. The molecule has 1 heterocycles. The Morgan fingerprint density at radius 2 is 1.86 bits per heavy atom. The SMILES string of the molecule is CC(C)CCOc1ccc(NC(=O)[C@H]2CC(=O)N(c3ccc(F)cc3)C2)cc1. The van der Waals surface area contributed by atoms with Crippen LogP contribution in [-0.2, 0) is 9.59 Å². The quantitative estimate of drug-likeness (QED) is 0.777. The van der Waals surface area contributed by atoms with Gasteiger partial charge in [-0.15, -0.1) is 0 Å². The van der Waals surface area contributed by atoms with Crippen LogP contribution in [0.5, 0.6) is 5.75 Å². The standard InChI is InChI=1S/C22H25FN2O3/c1-15(2)11-12-28-20-9-5-18(6-10-20)24-22(27)16-13-21(26)25(14-16)19-7-3-17(23)4-8-19/h3-10,15-16H,11-14H2,1-2H3,(H,24,27)/t16-/m0/s1. The van der Waals surface area contributed by atoms with Crippen molar-refractivity contribution in [3.05, 3.63) is 54.3 Å². The first-order chi connectivity index (χ1) is 13.4. The van der Waals surface area contributed by atoms with E-state index in [9.17, 15) is 14.0 Å². The molecule has 148 valence electrons. The van der Waals surface area contributed by atoms with Gasteiger partial charge in [0.2, 0.25) is 11.8 Å². The summed E-state index contributed by atoms with van der Waals surface area (Å²) in [5, 5.41) is 2.85. The minimum atomic E-state index is -0.445. The number of nitrogens with zero attached hydrogens (tertiary/aromatic N) is 1. The van der Waals surface area contributed by atoms with Crippen molar-refractivity contribution in [3.63, 3.8) is 0 Å². The first-order valence-electron chi connectivity index (χ1n) is 9.52. The molecule has 1 aliphatic rings. The highest BCUT2D eigenvalue weighted by Gasteiger charge is 2.35. The Kier molecular flexibility index (Phi) is 6.29. The second-order valence-electron chi connectivity index (χ2n) is 7.43. The lowest BCUT2D eigenvalue weighted by Gasteiger charge is -2.16. The fourth-order valence-electron chi connectivity index (χ4n) is 3.05. The van der Waals surface area contributed by atoms with Crippen molar-refractivity contribution in [1.29, 1.82) is 0 Å². The number of anilines is 2. The molecule has 0 bridgehead atoms. The molecule has 1 atom stereocenters. The number of benzene rings is 2. The van der Waals surface area contributed by atoms with Gasteiger partial charge in [0, 0.05) is 24.3 Å². The number of carbonyl (C=O) groups excluding carboxylic acids is 2. The average Bonchev–Trinajstić information content (AvgIpc) is 3.05. The van der Waals surface area contributed by atoms with Gasteiger partial charge in [0.15, 0.2) is 0 Å². The van der Waals surface area contributed by atoms with Crippen LogP contribution in [-0.4, -0.2) is 25.0 Å². The summed E-state index contributed by atoms with van der Waals surface area (Å²) >= 11 is 0. The zero-order valence-corrected chi connectivity index (χ0v) is 16.2. The summed E-state index contributed by atoms with van der Waals surface area (Å²) in [7, 11) is 0. The Bertz CT molecular complexity index is 819. The molecule has 0 unspecified atom stereocenters. The summed E-state index contributed by atoms with van der Waals surface area (Å²) in [6.07, 6.45) is 1.12. The number of hydrogen-bond acceptors (Lipinski definition) is 3. The number of hydrogen-bond donors (Lipinski definition) is 1. The van der Waals surface area contributed by atoms with E-state index < -0.39 is 5.92 Å². The van der Waals surface area contributed by atoms with Crippen LogP contribution in [0.3, 0.4) is 0 Å². The van der Waals surface area contributed by atoms with E-state index in [4.69, 9.17) is 4.74 Å². The minimum Gasteiger partial charge on any atom is -0.494 e. The Morgan fingerprint density at radius 3 is 2.50 bits per heavy atom. The molecule has 1 saturated heterocycles. The zero-order valence-electron chi connectivity index (χ0n) is 16.2. The number of ether oxygens (including phenoxy) is 1. The maximum Gasteiger partial charge on any atom is 0.229 e. The molecule has 0 spiro atoms. The van der Waals surface area contributed by atoms with Gasteiger partial charge < -0.3 is 15.0 Å². The van der Waals surface area contributed by atoms with Crippen molar-refractivity contribution in [2.24, 2.45) is 11.8 Å². The number of halogens is 1. The third kappa shape index (κ3) is 5.09. The smallest absolute Gasteiger partial charge is 0.229 e. The molecule has 1 aliphatic heterocycles. The lowest BCUT2D eigenvalue weighted by Crippen LogP contribution is -2.28. The second kappa shape index (κ2) is 8.87. The summed E-state index contributed by atoms with van der Waals surface area (Å²) in [5.41, 5.74) is 1.26. The Balaban J connectivity index is 1.54. The molecule has 2 aromatic rings. The molecule has 0 saturated carbocycles. The molecule has 3 rings (SSSR count). The molecule has 1 fully saturated rings. The number of amides is 2. The molecule has 1 N–H and O–H groups in total. The van der Waals surface area contributed by atoms with Crippen LogP contribution in [0, 0.1) is 17.7 Å². The van der Waals surface area contributed by atoms with E-state index in [0.29, 0.717) is 23.9 Å². The monoisotopic (exact) mass is 384 g/mol. The molecule has 2 amide bonds. The second-order valence-corrected chi connectivity index (χ2v) is 7.43. The van der Waals surface area contributed by atoms with Gasteiger partial charge in [0.1, 0.15) is 11.6 Å². The Hall–Kier alpha value is -2.89. The van der Waals surface area contributed by atoms with Crippen LogP contribution in [0.4, 0.5) is 15.8 Å². The Labute approximate surface area is 164 Å². The fourth-order valence-corrected chi connectivity index (χ4v) is 3.05. The normalized spacial score (nSPS) is 16.5. The van der Waals surface area contributed by atoms with Gasteiger partial charge >= 0.3 is 0 Å². The molecule has 2 aromatic carbocycles. The van der Waals surface area contributed by atoms with Gasteiger partial charge in [-0.05, 0) is 60.9 Å². The number of carbonyl (C=O) groups is 2. The lowest BCUT2D eigenvalue weighted by molar-refractivity contribution is -0.122. The topological polar surface area (TPSA) is 58.6 Å². The zero-order chi connectivity index (χ0) is 20.1. The highest BCUT2D eigenvalue weighted by molar-refractivity contribution is 6.03. The highest BCUT2D eigenvalue weighted by Crippen LogP contribution is 2.26. The molecule has 28 heavy (non-hydrogen) atoms. The first-order valence-corrected chi connectivity index (χ1v) is 9.52. The summed E-state index contributed by atoms with van der Waals surface area (Å²) in [4.78, 5) is 26.3. The fraction of sp³-hybridized carbons (Fsp3) is 0.364. The van der Waals surface area contributed by atoms with E-state index in [-0.39, 0.29) is 30.6 Å². The van der Waals surface area contributed by atoms with Crippen molar-refractivity contribution in [2.75, 3.05) is 23.4 Å². The van der Waals surface area contributed by atoms with Crippen molar-refractivity contribution in [3.8, 4) is 5.75 Å². The summed E-state index contributed by atoms with van der Waals surface area (Å²) in [5.74, 6) is 0.201. The van der Waals surface area contributed by atoms with Gasteiger partial charge in [-0.1, -0.05) is 13.8 Å². The molecule has 0 aromatic heterocycles. The average molecular weight is 384 g/mol. The van der Waals surface area contributed by atoms with E-state index in [1.165, 1.54) is 17.0 Å². The van der Waals surface area contributed by atoms with E-state index >= 15 is 0 Å². The molecular weight excluding hydrogens is 359 g/mol. The molecule has 0 radical (unpaired) electrons. The van der Waals surface area contributed by atoms with E-state index in [0.717, 1.165) is 12.2 Å². The maximum atomic E-state index is 13.1. The van der Waals surface area contributed by atoms with E-state index in [1.54, 1.807) is 24.3 Å². The first kappa shape index (κ1) is 19.9. The van der Waals surface area contributed by atoms with Crippen molar-refractivity contribution in [1.82, 2.24) is 0 Å². The summed E-state index contributed by atoms with van der Waals surface area (Å²) in [6.45, 7) is 5.24. The van der Waals surface area contributed by atoms with Crippen LogP contribution in [0.1, 0.15) is 26.7 Å². The van der Waals surface area contributed by atoms with Crippen molar-refractivity contribution in [2.45, 2.75) is 26.7 Å². The number of rotatable bonds is 7. The molecule has 0 aliphatic carbocycles. The van der Waals surface area contributed by atoms with E-state index in [1.807, 2.05) is 12.1 Å². The minimum absolute atomic E-state index is 0.138. The van der Waals surface area contributed by atoms with Gasteiger partial charge in [0.05, 0.1) is 12.5 Å². The van der Waals surface area contributed by atoms with Crippen LogP contribution >= 0.6 is 0 Å². The maximum absolute atomic E-state index is 13.1. The third-order valence-corrected chi connectivity index (χ3v) is 4.72. The Morgan fingerprint density at radius 1 is 1.18 bits per heavy atom. The van der Waals surface area contributed by atoms with Gasteiger partial charge in [-0.3, -0.25) is 9.59 Å². The lowest BCUT2D eigenvalue weighted by atomic mass is 10.1. The summed E-state index contributed by atoms with van der Waals surface area (Å²) in [6, 6.07) is 12.9. The molecule has 6 heteroatoms. The highest BCUT2D eigenvalue weighted by atomic mass is 19.1. The third-order valence-electron chi connectivity index (χ3n) is 4.72. The van der Waals surface area contributed by atoms with E-state index in [2.05, 4.69) is 19.2 Å². The molecule has 5 nitrogen and oxygen atoms in total. The largest absolute Gasteiger partial charge is 0.494 e. The van der Waals surface area contributed by atoms with Gasteiger partial charge in [0.25, 0.3) is 0 Å². The van der Waals surface area contributed by atoms with Gasteiger partial charge in [-0.2, -0.15) is 0 Å².